The van der Waals surface area contributed by atoms with Gasteiger partial charge in [0.2, 0.25) is 0 Å². The second kappa shape index (κ2) is 12.7. The quantitative estimate of drug-likeness (QED) is 0.113. The third-order valence-electron chi connectivity index (χ3n) is 5.57. The van der Waals surface area contributed by atoms with Crippen molar-refractivity contribution >= 4 is 12.3 Å². The van der Waals surface area contributed by atoms with E-state index in [1.807, 2.05) is 0 Å². The fourth-order valence-corrected chi connectivity index (χ4v) is 3.37. The number of carboxylic acids is 1. The molecule has 0 unspecified atom stereocenters. The normalized spacial score (nSPS) is 41.5. The lowest BCUT2D eigenvalue weighted by Crippen LogP contribution is -2.62. The van der Waals surface area contributed by atoms with Gasteiger partial charge in [0.1, 0.15) is 67.1 Å². The molecular weight excluding hydrogens is 488 g/mol. The third kappa shape index (κ3) is 6.87. The second-order valence-electron chi connectivity index (χ2n) is 8.09. The van der Waals surface area contributed by atoms with Crippen LogP contribution in [0.2, 0.25) is 0 Å². The molecule has 2 saturated heterocycles. The van der Waals surface area contributed by atoms with Gasteiger partial charge in [-0.05, 0) is 0 Å². The highest BCUT2D eigenvalue weighted by Crippen LogP contribution is 2.26. The monoisotopic (exact) mass is 518 g/mol. The molecule has 14 atom stereocenters. The smallest absolute Gasteiger partial charge is 0.335 e. The number of hydrogen-bond acceptors (Lipinski definition) is 16. The predicted molar refractivity (Wildman–Crippen MR) is 103 cm³/mol. The number of carboxylic acid groups (broad SMARTS) is 1. The van der Waals surface area contributed by atoms with Gasteiger partial charge in [0, 0.05) is 0 Å². The van der Waals surface area contributed by atoms with E-state index in [0.717, 1.165) is 0 Å². The Labute approximate surface area is 196 Å². The van der Waals surface area contributed by atoms with Crippen LogP contribution < -0.4 is 0 Å². The Morgan fingerprint density at radius 3 is 1.86 bits per heavy atom. The van der Waals surface area contributed by atoms with E-state index < -0.39 is 105 Å². The fraction of sp³-hybridized carbons (Fsp3) is 0.889. The Balaban J connectivity index is 1.98. The van der Waals surface area contributed by atoms with Crippen molar-refractivity contribution in [2.45, 2.75) is 85.8 Å². The molecule has 2 rings (SSSR count). The highest BCUT2D eigenvalue weighted by Gasteiger charge is 2.49. The van der Waals surface area contributed by atoms with Gasteiger partial charge >= 0.3 is 5.97 Å². The van der Waals surface area contributed by atoms with E-state index in [0.29, 0.717) is 0 Å². The van der Waals surface area contributed by atoms with E-state index in [4.69, 9.17) is 24.1 Å². The maximum absolute atomic E-state index is 11.2. The molecule has 0 saturated carbocycles. The van der Waals surface area contributed by atoms with E-state index in [2.05, 4.69) is 0 Å². The minimum absolute atomic E-state index is 0.0802. The molecule has 35 heavy (non-hydrogen) atoms. The summed E-state index contributed by atoms with van der Waals surface area (Å²) < 4.78 is 20.4. The van der Waals surface area contributed by atoms with Gasteiger partial charge in [0.25, 0.3) is 0 Å². The lowest BCUT2D eigenvalue weighted by atomic mass is 9.98. The number of aliphatic hydroxyl groups is 10. The van der Waals surface area contributed by atoms with Gasteiger partial charge < -0.3 is 79.9 Å². The van der Waals surface area contributed by atoms with Gasteiger partial charge in [0.05, 0.1) is 13.2 Å². The molecule has 2 fully saturated rings. The van der Waals surface area contributed by atoms with E-state index >= 15 is 0 Å². The molecule has 2 aliphatic rings. The number of rotatable bonds is 11. The molecule has 11 N–H and O–H groups in total. The van der Waals surface area contributed by atoms with Gasteiger partial charge in [-0.25, -0.2) is 4.79 Å². The summed E-state index contributed by atoms with van der Waals surface area (Å²) >= 11 is 0. The summed E-state index contributed by atoms with van der Waals surface area (Å²) in [6, 6.07) is 0. The van der Waals surface area contributed by atoms with Crippen LogP contribution in [-0.4, -0.2) is 167 Å². The summed E-state index contributed by atoms with van der Waals surface area (Å²) in [7, 11) is 0. The number of carbonyl (C=O) groups is 2. The first-order chi connectivity index (χ1) is 16.3. The van der Waals surface area contributed by atoms with E-state index in [-0.39, 0.29) is 6.29 Å². The van der Waals surface area contributed by atoms with Crippen LogP contribution in [0.3, 0.4) is 0 Å². The molecule has 0 bridgehead atoms. The summed E-state index contributed by atoms with van der Waals surface area (Å²) in [5, 5.41) is 107. The number of aliphatic carboxylic acids is 1. The Morgan fingerprint density at radius 2 is 1.31 bits per heavy atom. The van der Waals surface area contributed by atoms with E-state index in [9.17, 15) is 60.7 Å². The zero-order chi connectivity index (χ0) is 26.6. The lowest BCUT2D eigenvalue weighted by molar-refractivity contribution is -0.330. The van der Waals surface area contributed by atoms with E-state index in [1.165, 1.54) is 0 Å². The average Bonchev–Trinajstić information content (AvgIpc) is 2.83. The summed E-state index contributed by atoms with van der Waals surface area (Å²) in [4.78, 5) is 21.6. The topological polar surface area (TPSA) is 294 Å². The highest BCUT2D eigenvalue weighted by atomic mass is 16.7. The largest absolute Gasteiger partial charge is 0.479 e. The van der Waals surface area contributed by atoms with Crippen molar-refractivity contribution in [2.75, 3.05) is 13.2 Å². The van der Waals surface area contributed by atoms with Crippen LogP contribution in [0.15, 0.2) is 0 Å². The summed E-state index contributed by atoms with van der Waals surface area (Å²) in [6.45, 7) is -1.58. The summed E-state index contributed by atoms with van der Waals surface area (Å²) in [6.07, 6.45) is -26.6. The molecule has 0 aromatic heterocycles. The molecule has 0 aliphatic carbocycles. The van der Waals surface area contributed by atoms with Crippen LogP contribution in [0.25, 0.3) is 0 Å². The van der Waals surface area contributed by atoms with Crippen molar-refractivity contribution in [2.24, 2.45) is 0 Å². The predicted octanol–water partition coefficient (Wildman–Crippen LogP) is -7.64. The molecule has 0 radical (unpaired) electrons. The highest BCUT2D eigenvalue weighted by molar-refractivity contribution is 5.73. The SMILES string of the molecule is O=C[C@H](O)[C@@H](O)[C@@H](O)[C@H](O)CO[C@@H]1O[C@H](CO[C@@H]2O[C@H](C(=O)O)[C@@H](O)[C@H](O)[C@H]2O)[C@H](O)[C@H](O)[C@H]1O. The first kappa shape index (κ1) is 29.8. The second-order valence-corrected chi connectivity index (χ2v) is 8.09. The maximum atomic E-state index is 11.2. The van der Waals surface area contributed by atoms with Crippen LogP contribution in [0.5, 0.6) is 0 Å². The van der Waals surface area contributed by atoms with Crippen LogP contribution in [0.1, 0.15) is 0 Å². The van der Waals surface area contributed by atoms with E-state index in [1.54, 1.807) is 0 Å². The standard InChI is InChI=1S/C18H30O17/c19-1-4(20)7(22)8(23)5(21)2-32-17-13(28)10(25)9(24)6(34-17)3-33-18-14(29)11(26)12(27)15(35-18)16(30)31/h1,4-15,17-18,20-29H,2-3H2,(H,30,31)/t4-,5+,6+,7+,8-,9-,10-,11-,12-,13+,14+,15-,17+,18+/m0/s1. The molecule has 2 aliphatic heterocycles. The van der Waals surface area contributed by atoms with Crippen LogP contribution >= 0.6 is 0 Å². The molecule has 0 spiro atoms. The van der Waals surface area contributed by atoms with Crippen molar-refractivity contribution < 1.29 is 84.7 Å². The molecule has 17 heteroatoms. The van der Waals surface area contributed by atoms with Crippen molar-refractivity contribution in [3.8, 4) is 0 Å². The van der Waals surface area contributed by atoms with Crippen molar-refractivity contribution in [3.63, 3.8) is 0 Å². The minimum Gasteiger partial charge on any atom is -0.479 e. The first-order valence-corrected chi connectivity index (χ1v) is 10.3. The number of ether oxygens (including phenoxy) is 4. The summed E-state index contributed by atoms with van der Waals surface area (Å²) in [5.41, 5.74) is 0. The minimum atomic E-state index is -2.07. The van der Waals surface area contributed by atoms with Crippen molar-refractivity contribution in [1.29, 1.82) is 0 Å². The van der Waals surface area contributed by atoms with Crippen LogP contribution in [0, 0.1) is 0 Å². The third-order valence-corrected chi connectivity index (χ3v) is 5.57. The first-order valence-electron chi connectivity index (χ1n) is 10.3. The van der Waals surface area contributed by atoms with Crippen molar-refractivity contribution in [1.82, 2.24) is 0 Å². The average molecular weight is 518 g/mol. The number of hydrogen-bond donors (Lipinski definition) is 11. The van der Waals surface area contributed by atoms with Gasteiger partial charge in [0.15, 0.2) is 25.0 Å². The Kier molecular flexibility index (Phi) is 10.8. The van der Waals surface area contributed by atoms with Crippen LogP contribution in [0.4, 0.5) is 0 Å². The number of carbonyl (C=O) groups excluding carboxylic acids is 1. The lowest BCUT2D eigenvalue weighted by Gasteiger charge is -2.42. The summed E-state index contributed by atoms with van der Waals surface area (Å²) in [5.74, 6) is -1.66. The molecule has 17 nitrogen and oxygen atoms in total. The number of aliphatic hydroxyl groups excluding tert-OH is 10. The number of aldehydes is 1. The zero-order valence-corrected chi connectivity index (χ0v) is 17.9. The van der Waals surface area contributed by atoms with Gasteiger partial charge in [-0.2, -0.15) is 0 Å². The molecule has 0 amide bonds. The zero-order valence-electron chi connectivity index (χ0n) is 17.9. The molecule has 2 heterocycles. The Hall–Kier alpha value is -1.42. The molecule has 0 aromatic carbocycles. The Bertz CT molecular complexity index is 694. The van der Waals surface area contributed by atoms with Gasteiger partial charge in [-0.15, -0.1) is 0 Å². The van der Waals surface area contributed by atoms with Crippen LogP contribution in [-0.2, 0) is 28.5 Å². The Morgan fingerprint density at radius 1 is 0.771 bits per heavy atom. The molecular formula is C18H30O17. The maximum Gasteiger partial charge on any atom is 0.335 e. The molecule has 0 aromatic rings. The van der Waals surface area contributed by atoms with Gasteiger partial charge in [-0.1, -0.05) is 0 Å². The molecule has 204 valence electrons. The van der Waals surface area contributed by atoms with Gasteiger partial charge in [-0.3, -0.25) is 0 Å². The van der Waals surface area contributed by atoms with Crippen molar-refractivity contribution in [3.05, 3.63) is 0 Å². The fourth-order valence-electron chi connectivity index (χ4n) is 3.37.